The lowest BCUT2D eigenvalue weighted by Crippen LogP contribution is -2.13. The Bertz CT molecular complexity index is 1230. The molecular formula is C27H28N2O5S. The Hall–Kier alpha value is -3.78. The van der Waals surface area contributed by atoms with Gasteiger partial charge in [0.25, 0.3) is 5.69 Å². The van der Waals surface area contributed by atoms with E-state index < -0.39 is 16.8 Å². The number of nitrogens with zero attached hydrogens (tertiary/aromatic N) is 1. The number of esters is 1. The van der Waals surface area contributed by atoms with E-state index in [9.17, 15) is 19.7 Å². The van der Waals surface area contributed by atoms with E-state index in [1.54, 1.807) is 12.1 Å². The fourth-order valence-corrected chi connectivity index (χ4v) is 4.39. The summed E-state index contributed by atoms with van der Waals surface area (Å²) in [6.07, 6.45) is 4.48. The molecule has 0 aliphatic rings. The molecule has 0 bridgehead atoms. The standard InChI is InChI=1S/C27H28N2O5S/c1-4-15-34-27(31)25-23(21-12-10-20(11-13-21)18(3)5-2)17-35-26(25)28-24(30)14-9-19-7-6-8-22(16-19)29(32)33/h6-14,16-18H,4-5,15H2,1-3H3,(H,28,30)/b14-9+. The zero-order valence-corrected chi connectivity index (χ0v) is 20.8. The first-order valence-corrected chi connectivity index (χ1v) is 12.3. The monoisotopic (exact) mass is 492 g/mol. The minimum atomic E-state index is -0.493. The Balaban J connectivity index is 1.86. The zero-order valence-electron chi connectivity index (χ0n) is 19.9. The van der Waals surface area contributed by atoms with Crippen LogP contribution in [0.4, 0.5) is 10.7 Å². The van der Waals surface area contributed by atoms with E-state index in [0.29, 0.717) is 34.0 Å². The average Bonchev–Trinajstić information content (AvgIpc) is 3.29. The molecular weight excluding hydrogens is 464 g/mol. The summed E-state index contributed by atoms with van der Waals surface area (Å²) in [7, 11) is 0. The number of nitrogens with one attached hydrogen (secondary N) is 1. The van der Waals surface area contributed by atoms with Crippen molar-refractivity contribution in [2.75, 3.05) is 11.9 Å². The van der Waals surface area contributed by atoms with Crippen molar-refractivity contribution in [3.8, 4) is 11.1 Å². The maximum absolute atomic E-state index is 12.9. The SMILES string of the molecule is CCCOC(=O)c1c(-c2ccc(C(C)CC)cc2)csc1NC(=O)/C=C/c1cccc([N+](=O)[O-])c1. The summed E-state index contributed by atoms with van der Waals surface area (Å²) in [5, 5.41) is 15.9. The molecule has 3 rings (SSSR count). The molecule has 1 N–H and O–H groups in total. The number of thiophene rings is 1. The van der Waals surface area contributed by atoms with Crippen molar-refractivity contribution >= 4 is 40.0 Å². The molecule has 1 atom stereocenters. The number of non-ortho nitro benzene ring substituents is 1. The van der Waals surface area contributed by atoms with Crippen LogP contribution in [-0.2, 0) is 9.53 Å². The molecule has 182 valence electrons. The van der Waals surface area contributed by atoms with Crippen LogP contribution in [0.3, 0.4) is 0 Å². The minimum absolute atomic E-state index is 0.0595. The highest BCUT2D eigenvalue weighted by molar-refractivity contribution is 7.15. The summed E-state index contributed by atoms with van der Waals surface area (Å²) in [6.45, 7) is 6.50. The molecule has 0 aliphatic carbocycles. The van der Waals surface area contributed by atoms with E-state index in [0.717, 1.165) is 12.0 Å². The predicted molar refractivity (Wildman–Crippen MR) is 140 cm³/mol. The van der Waals surface area contributed by atoms with E-state index >= 15 is 0 Å². The second-order valence-electron chi connectivity index (χ2n) is 8.10. The first-order valence-electron chi connectivity index (χ1n) is 11.5. The second kappa shape index (κ2) is 12.1. The van der Waals surface area contributed by atoms with Gasteiger partial charge in [-0.15, -0.1) is 11.3 Å². The largest absolute Gasteiger partial charge is 0.462 e. The van der Waals surface area contributed by atoms with Crippen molar-refractivity contribution in [1.82, 2.24) is 0 Å². The van der Waals surface area contributed by atoms with E-state index in [2.05, 4.69) is 31.3 Å². The Morgan fingerprint density at radius 3 is 2.57 bits per heavy atom. The van der Waals surface area contributed by atoms with Gasteiger partial charge in [0.1, 0.15) is 10.6 Å². The molecule has 3 aromatic rings. The van der Waals surface area contributed by atoms with Crippen LogP contribution >= 0.6 is 11.3 Å². The zero-order chi connectivity index (χ0) is 25.4. The lowest BCUT2D eigenvalue weighted by Gasteiger charge is -2.11. The highest BCUT2D eigenvalue weighted by atomic mass is 32.1. The third kappa shape index (κ3) is 6.64. The van der Waals surface area contributed by atoms with Crippen LogP contribution in [0.5, 0.6) is 0 Å². The van der Waals surface area contributed by atoms with Gasteiger partial charge in [-0.05, 0) is 41.5 Å². The number of benzene rings is 2. The van der Waals surface area contributed by atoms with E-state index in [1.807, 2.05) is 24.4 Å². The number of hydrogen-bond donors (Lipinski definition) is 1. The first-order chi connectivity index (χ1) is 16.8. The smallest absolute Gasteiger partial charge is 0.341 e. The van der Waals surface area contributed by atoms with Crippen LogP contribution in [0.15, 0.2) is 60.0 Å². The number of nitro groups is 1. The minimum Gasteiger partial charge on any atom is -0.462 e. The normalized spacial score (nSPS) is 11.9. The van der Waals surface area contributed by atoms with Gasteiger partial charge in [-0.2, -0.15) is 0 Å². The van der Waals surface area contributed by atoms with Crippen molar-refractivity contribution in [2.24, 2.45) is 0 Å². The van der Waals surface area contributed by atoms with Gasteiger partial charge in [0.15, 0.2) is 0 Å². The Labute approximate surface area is 208 Å². The lowest BCUT2D eigenvalue weighted by molar-refractivity contribution is -0.384. The number of nitro benzene ring substituents is 1. The molecule has 8 heteroatoms. The molecule has 35 heavy (non-hydrogen) atoms. The molecule has 1 amide bonds. The summed E-state index contributed by atoms with van der Waals surface area (Å²) in [6, 6.07) is 14.1. The summed E-state index contributed by atoms with van der Waals surface area (Å²) >= 11 is 1.25. The van der Waals surface area contributed by atoms with E-state index in [4.69, 9.17) is 4.74 Å². The highest BCUT2D eigenvalue weighted by Gasteiger charge is 2.22. The second-order valence-corrected chi connectivity index (χ2v) is 8.98. The van der Waals surface area contributed by atoms with Gasteiger partial charge in [-0.3, -0.25) is 14.9 Å². The van der Waals surface area contributed by atoms with Gasteiger partial charge in [0, 0.05) is 29.2 Å². The summed E-state index contributed by atoms with van der Waals surface area (Å²) < 4.78 is 5.40. The number of ether oxygens (including phenoxy) is 1. The third-order valence-electron chi connectivity index (χ3n) is 5.58. The molecule has 0 fully saturated rings. The van der Waals surface area contributed by atoms with Crippen molar-refractivity contribution in [3.63, 3.8) is 0 Å². The van der Waals surface area contributed by atoms with Gasteiger partial charge in [-0.1, -0.05) is 57.2 Å². The van der Waals surface area contributed by atoms with E-state index in [-0.39, 0.29) is 12.3 Å². The third-order valence-corrected chi connectivity index (χ3v) is 6.48. The molecule has 2 aromatic carbocycles. The fourth-order valence-electron chi connectivity index (χ4n) is 3.43. The first kappa shape index (κ1) is 25.8. The summed E-state index contributed by atoms with van der Waals surface area (Å²) in [4.78, 5) is 36.0. The molecule has 0 saturated carbocycles. The van der Waals surface area contributed by atoms with Gasteiger partial charge in [0.05, 0.1) is 11.5 Å². The Morgan fingerprint density at radius 1 is 1.17 bits per heavy atom. The van der Waals surface area contributed by atoms with Crippen LogP contribution in [0, 0.1) is 10.1 Å². The van der Waals surface area contributed by atoms with Crippen LogP contribution in [-0.4, -0.2) is 23.4 Å². The number of amides is 1. The molecule has 1 aromatic heterocycles. The maximum atomic E-state index is 12.9. The van der Waals surface area contributed by atoms with Gasteiger partial charge >= 0.3 is 5.97 Å². The van der Waals surface area contributed by atoms with Crippen LogP contribution in [0.25, 0.3) is 17.2 Å². The summed E-state index contributed by atoms with van der Waals surface area (Å²) in [5.74, 6) is -0.512. The van der Waals surface area contributed by atoms with Crippen molar-refractivity contribution < 1.29 is 19.2 Å². The van der Waals surface area contributed by atoms with Crippen LogP contribution < -0.4 is 5.32 Å². The number of carbonyl (C=O) groups excluding carboxylic acids is 2. The Kier molecular flexibility index (Phi) is 8.92. The van der Waals surface area contributed by atoms with E-state index in [1.165, 1.54) is 41.2 Å². The molecule has 0 radical (unpaired) electrons. The average molecular weight is 493 g/mol. The molecule has 1 heterocycles. The number of carbonyl (C=O) groups is 2. The molecule has 0 aliphatic heterocycles. The van der Waals surface area contributed by atoms with Crippen LogP contribution in [0.1, 0.15) is 61.0 Å². The van der Waals surface area contributed by atoms with Crippen molar-refractivity contribution in [1.29, 1.82) is 0 Å². The van der Waals surface area contributed by atoms with Gasteiger partial charge in [0.2, 0.25) is 5.91 Å². The molecule has 0 saturated heterocycles. The number of hydrogen-bond acceptors (Lipinski definition) is 6. The fraction of sp³-hybridized carbons (Fsp3) is 0.259. The van der Waals surface area contributed by atoms with Crippen molar-refractivity contribution in [3.05, 3.63) is 86.8 Å². The molecule has 1 unspecified atom stereocenters. The number of rotatable bonds is 10. The summed E-state index contributed by atoms with van der Waals surface area (Å²) in [5.41, 5.74) is 3.56. The quantitative estimate of drug-likeness (QED) is 0.141. The van der Waals surface area contributed by atoms with Crippen molar-refractivity contribution in [2.45, 2.75) is 39.5 Å². The maximum Gasteiger partial charge on any atom is 0.341 e. The van der Waals surface area contributed by atoms with Gasteiger partial charge < -0.3 is 10.1 Å². The van der Waals surface area contributed by atoms with Crippen LogP contribution in [0.2, 0.25) is 0 Å². The topological polar surface area (TPSA) is 98.5 Å². The number of anilines is 1. The Morgan fingerprint density at radius 2 is 1.91 bits per heavy atom. The molecule has 7 nitrogen and oxygen atoms in total. The lowest BCUT2D eigenvalue weighted by atomic mass is 9.95. The van der Waals surface area contributed by atoms with Gasteiger partial charge in [-0.25, -0.2) is 4.79 Å². The molecule has 0 spiro atoms. The highest BCUT2D eigenvalue weighted by Crippen LogP contribution is 2.37. The predicted octanol–water partition coefficient (Wildman–Crippen LogP) is 7.06.